The number of rotatable bonds is 8. The first-order valence-electron chi connectivity index (χ1n) is 5.59. The Kier molecular flexibility index (Phi) is 6.04. The van der Waals surface area contributed by atoms with Crippen molar-refractivity contribution in [3.63, 3.8) is 0 Å². The number of imidazole rings is 1. The lowest BCUT2D eigenvalue weighted by Crippen LogP contribution is -2.16. The van der Waals surface area contributed by atoms with Crippen LogP contribution < -0.4 is 5.32 Å². The minimum atomic E-state index is 0.348. The van der Waals surface area contributed by atoms with Gasteiger partial charge >= 0.3 is 0 Å². The largest absolute Gasteiger partial charge is 0.379 e. The van der Waals surface area contributed by atoms with E-state index >= 15 is 0 Å². The smallest absolute Gasteiger partial charge is 0.120 e. The van der Waals surface area contributed by atoms with Gasteiger partial charge in [-0.15, -0.1) is 0 Å². The fourth-order valence-corrected chi connectivity index (χ4v) is 1.27. The van der Waals surface area contributed by atoms with Crippen molar-refractivity contribution >= 4 is 0 Å². The molecule has 0 atom stereocenters. The van der Waals surface area contributed by atoms with Crippen molar-refractivity contribution in [1.29, 1.82) is 0 Å². The standard InChI is InChI=1S/C11H21N3O/c1-10(2)15-8-4-3-5-12-9-11-13-6-7-14-11/h6-7,10,12H,3-5,8-9H2,1-2H3,(H,13,14). The van der Waals surface area contributed by atoms with Gasteiger partial charge in [-0.05, 0) is 33.2 Å². The van der Waals surface area contributed by atoms with Crippen LogP contribution in [-0.2, 0) is 11.3 Å². The van der Waals surface area contributed by atoms with Crippen LogP contribution in [0.2, 0.25) is 0 Å². The molecule has 0 aliphatic carbocycles. The van der Waals surface area contributed by atoms with E-state index in [1.807, 2.05) is 6.20 Å². The number of nitrogens with one attached hydrogen (secondary N) is 2. The fourth-order valence-electron chi connectivity index (χ4n) is 1.27. The zero-order valence-electron chi connectivity index (χ0n) is 9.62. The Morgan fingerprint density at radius 3 is 3.00 bits per heavy atom. The van der Waals surface area contributed by atoms with E-state index in [0.717, 1.165) is 38.4 Å². The SMILES string of the molecule is CC(C)OCCCCNCc1ncc[nH]1. The number of aromatic nitrogens is 2. The first-order chi connectivity index (χ1) is 7.29. The second-order valence-electron chi connectivity index (χ2n) is 3.84. The lowest BCUT2D eigenvalue weighted by atomic mass is 10.3. The Morgan fingerprint density at radius 2 is 2.33 bits per heavy atom. The van der Waals surface area contributed by atoms with Crippen LogP contribution >= 0.6 is 0 Å². The third-order valence-electron chi connectivity index (χ3n) is 2.05. The topological polar surface area (TPSA) is 49.9 Å². The van der Waals surface area contributed by atoms with Crippen LogP contribution in [0.1, 0.15) is 32.5 Å². The van der Waals surface area contributed by atoms with Crippen molar-refractivity contribution < 1.29 is 4.74 Å². The molecule has 0 radical (unpaired) electrons. The van der Waals surface area contributed by atoms with Crippen LogP contribution in [0, 0.1) is 0 Å². The molecule has 1 heterocycles. The molecule has 0 fully saturated rings. The molecule has 0 bridgehead atoms. The number of hydrogen-bond donors (Lipinski definition) is 2. The van der Waals surface area contributed by atoms with E-state index < -0.39 is 0 Å². The highest BCUT2D eigenvalue weighted by atomic mass is 16.5. The van der Waals surface area contributed by atoms with Crippen molar-refractivity contribution in [2.24, 2.45) is 0 Å². The summed E-state index contributed by atoms with van der Waals surface area (Å²) in [6.45, 7) is 6.82. The minimum Gasteiger partial charge on any atom is -0.379 e. The summed E-state index contributed by atoms with van der Waals surface area (Å²) in [6.07, 6.45) is 6.22. The Morgan fingerprint density at radius 1 is 1.47 bits per heavy atom. The van der Waals surface area contributed by atoms with Crippen molar-refractivity contribution in [1.82, 2.24) is 15.3 Å². The Bertz CT molecular complexity index is 234. The molecule has 1 rings (SSSR count). The number of hydrogen-bond acceptors (Lipinski definition) is 3. The summed E-state index contributed by atoms with van der Waals surface area (Å²) in [5, 5.41) is 3.33. The molecule has 15 heavy (non-hydrogen) atoms. The molecular formula is C11H21N3O. The van der Waals surface area contributed by atoms with Gasteiger partial charge in [0.05, 0.1) is 12.6 Å². The van der Waals surface area contributed by atoms with Gasteiger partial charge in [0.2, 0.25) is 0 Å². The quantitative estimate of drug-likeness (QED) is 0.643. The Hall–Kier alpha value is -0.870. The zero-order valence-corrected chi connectivity index (χ0v) is 9.62. The summed E-state index contributed by atoms with van der Waals surface area (Å²) < 4.78 is 5.45. The van der Waals surface area contributed by atoms with Gasteiger partial charge in [-0.1, -0.05) is 0 Å². The molecule has 0 saturated heterocycles. The highest BCUT2D eigenvalue weighted by molar-refractivity contribution is 4.85. The van der Waals surface area contributed by atoms with Crippen LogP contribution in [0.4, 0.5) is 0 Å². The zero-order chi connectivity index (χ0) is 10.9. The summed E-state index contributed by atoms with van der Waals surface area (Å²) in [6, 6.07) is 0. The predicted molar refractivity (Wildman–Crippen MR) is 60.6 cm³/mol. The molecule has 4 nitrogen and oxygen atoms in total. The third kappa shape index (κ3) is 6.25. The molecule has 0 aromatic carbocycles. The lowest BCUT2D eigenvalue weighted by Gasteiger charge is -2.07. The van der Waals surface area contributed by atoms with Gasteiger partial charge in [0.25, 0.3) is 0 Å². The number of ether oxygens (including phenoxy) is 1. The highest BCUT2D eigenvalue weighted by Gasteiger charge is 1.95. The van der Waals surface area contributed by atoms with Gasteiger partial charge < -0.3 is 15.0 Å². The van der Waals surface area contributed by atoms with Gasteiger partial charge in [0, 0.05) is 19.0 Å². The van der Waals surface area contributed by atoms with Crippen LogP contribution in [0.15, 0.2) is 12.4 Å². The molecule has 0 unspecified atom stereocenters. The second kappa shape index (κ2) is 7.43. The van der Waals surface area contributed by atoms with Gasteiger partial charge in [0.15, 0.2) is 0 Å². The molecule has 1 aromatic rings. The molecule has 0 amide bonds. The highest BCUT2D eigenvalue weighted by Crippen LogP contribution is 1.94. The molecule has 0 aliphatic heterocycles. The molecule has 2 N–H and O–H groups in total. The van der Waals surface area contributed by atoms with Crippen LogP contribution in [0.5, 0.6) is 0 Å². The predicted octanol–water partition coefficient (Wildman–Crippen LogP) is 1.70. The van der Waals surface area contributed by atoms with Crippen molar-refractivity contribution in [3.8, 4) is 0 Å². The van der Waals surface area contributed by atoms with Crippen LogP contribution in [-0.4, -0.2) is 29.2 Å². The molecule has 1 aromatic heterocycles. The molecule has 4 heteroatoms. The number of H-pyrrole nitrogens is 1. The maximum atomic E-state index is 5.45. The molecule has 86 valence electrons. The Balaban J connectivity index is 1.85. The molecular weight excluding hydrogens is 190 g/mol. The molecule has 0 aliphatic rings. The summed E-state index contributed by atoms with van der Waals surface area (Å²) in [4.78, 5) is 7.19. The van der Waals surface area contributed by atoms with Crippen molar-refractivity contribution in [3.05, 3.63) is 18.2 Å². The second-order valence-corrected chi connectivity index (χ2v) is 3.84. The van der Waals surface area contributed by atoms with Crippen molar-refractivity contribution in [2.45, 2.75) is 39.3 Å². The molecule has 0 spiro atoms. The summed E-state index contributed by atoms with van der Waals surface area (Å²) in [5.74, 6) is 0.994. The van der Waals surface area contributed by atoms with E-state index in [2.05, 4.69) is 29.1 Å². The average molecular weight is 211 g/mol. The maximum Gasteiger partial charge on any atom is 0.120 e. The Labute approximate surface area is 91.4 Å². The van der Waals surface area contributed by atoms with Gasteiger partial charge in [-0.3, -0.25) is 0 Å². The number of unbranched alkanes of at least 4 members (excludes halogenated alkanes) is 1. The number of aromatic amines is 1. The van der Waals surface area contributed by atoms with E-state index in [9.17, 15) is 0 Å². The van der Waals surface area contributed by atoms with E-state index in [1.54, 1.807) is 6.20 Å². The first kappa shape index (κ1) is 12.2. The first-order valence-corrected chi connectivity index (χ1v) is 5.59. The van der Waals surface area contributed by atoms with E-state index in [0.29, 0.717) is 6.10 Å². The maximum absolute atomic E-state index is 5.45. The molecule has 0 saturated carbocycles. The summed E-state index contributed by atoms with van der Waals surface area (Å²) in [5.41, 5.74) is 0. The summed E-state index contributed by atoms with van der Waals surface area (Å²) in [7, 11) is 0. The average Bonchev–Trinajstić information content (AvgIpc) is 2.68. The van der Waals surface area contributed by atoms with Crippen molar-refractivity contribution in [2.75, 3.05) is 13.2 Å². The monoisotopic (exact) mass is 211 g/mol. The van der Waals surface area contributed by atoms with Gasteiger partial charge in [0.1, 0.15) is 5.82 Å². The third-order valence-corrected chi connectivity index (χ3v) is 2.05. The van der Waals surface area contributed by atoms with E-state index in [-0.39, 0.29) is 0 Å². The minimum absolute atomic E-state index is 0.348. The van der Waals surface area contributed by atoms with E-state index in [4.69, 9.17) is 4.74 Å². The van der Waals surface area contributed by atoms with E-state index in [1.165, 1.54) is 0 Å². The number of nitrogens with zero attached hydrogens (tertiary/aromatic N) is 1. The van der Waals surface area contributed by atoms with Gasteiger partial charge in [-0.25, -0.2) is 4.98 Å². The summed E-state index contributed by atoms with van der Waals surface area (Å²) >= 11 is 0. The van der Waals surface area contributed by atoms with Crippen LogP contribution in [0.3, 0.4) is 0 Å². The normalized spacial score (nSPS) is 11.1. The lowest BCUT2D eigenvalue weighted by molar-refractivity contribution is 0.0760. The van der Waals surface area contributed by atoms with Crippen LogP contribution in [0.25, 0.3) is 0 Å². The fraction of sp³-hybridized carbons (Fsp3) is 0.727. The van der Waals surface area contributed by atoms with Gasteiger partial charge in [-0.2, -0.15) is 0 Å².